The lowest BCUT2D eigenvalue weighted by Crippen LogP contribution is -2.67. The predicted octanol–water partition coefficient (Wildman–Crippen LogP) is 12.7. The van der Waals surface area contributed by atoms with Gasteiger partial charge in [-0.05, 0) is 200 Å². The molecule has 4 N–H and O–H groups in total. The van der Waals surface area contributed by atoms with E-state index in [9.17, 15) is 39.6 Å². The number of carboxylic acid groups (broad SMARTS) is 2. The molecule has 71 heavy (non-hydrogen) atoms. The first-order valence-electron chi connectivity index (χ1n) is 28.5. The number of rotatable bonds is 5. The van der Waals surface area contributed by atoms with Crippen molar-refractivity contribution < 1.29 is 44.3 Å². The summed E-state index contributed by atoms with van der Waals surface area (Å²) in [5, 5.41) is 43.7. The molecule has 0 aromatic rings. The molecule has 398 valence electrons. The lowest BCUT2D eigenvalue weighted by Gasteiger charge is -2.71. The van der Waals surface area contributed by atoms with Crippen molar-refractivity contribution in [3.63, 3.8) is 0 Å². The van der Waals surface area contributed by atoms with Crippen LogP contribution in [0.4, 0.5) is 0 Å². The highest BCUT2D eigenvalue weighted by Crippen LogP contribution is 2.78. The third-order valence-corrected chi connectivity index (χ3v) is 26.8. The molecule has 10 aliphatic carbocycles. The maximum atomic E-state index is 13.1. The number of aliphatic hydroxyl groups is 2. The second-order valence-electron chi connectivity index (χ2n) is 30.2. The first-order chi connectivity index (χ1) is 32.8. The van der Waals surface area contributed by atoms with Gasteiger partial charge in [0.15, 0.2) is 0 Å². The number of ether oxygens (including phenoxy) is 1. The summed E-state index contributed by atoms with van der Waals surface area (Å²) in [5.74, 6) is 0.182. The van der Waals surface area contributed by atoms with Crippen molar-refractivity contribution in [2.75, 3.05) is 7.11 Å². The minimum Gasteiger partial charge on any atom is -0.481 e. The molecular formula is C62H96O9. The molecule has 8 fully saturated rings. The van der Waals surface area contributed by atoms with Gasteiger partial charge in [-0.2, -0.15) is 0 Å². The standard InChI is InChI=1S/C32H50O4.C30H46O5/c1-20-11-13-28(4)23(29(20,5)19-33)12-14-30(6)24(28)10-9-21-22-17-27(2,3)15-16-32(22,26(34)35)25(36-8)18-31(21,30)7;1-25(2)13-14-30(24(34)35)19(15-25)18-7-8-21-26(3)11-10-22(32)27(4,17-31)20(26)9-12-28(21,5)29(18,6)16-23(30)33/h9,19-20,22-25H,10-18H2,1-8H3,(H,34,35);7,17,19-23,32-33H,8-16H2,1-6H3,(H,34,35)/t20-,22?,23+,24?,25-,28?,29-,30-,31+,32?;19?,20-,21?,22+,23+,26?,27-,28+,29-,30?/m01/s1. The number of carboxylic acids is 2. The largest absolute Gasteiger partial charge is 0.481 e. The summed E-state index contributed by atoms with van der Waals surface area (Å²) in [6.07, 6.45) is 21.2. The number of aliphatic carboxylic acids is 2. The molecule has 0 aromatic carbocycles. The Balaban J connectivity index is 0.000000176. The van der Waals surface area contributed by atoms with Gasteiger partial charge in [-0.15, -0.1) is 0 Å². The van der Waals surface area contributed by atoms with E-state index in [2.05, 4.69) is 95.2 Å². The maximum Gasteiger partial charge on any atom is 0.312 e. The molecule has 0 saturated heterocycles. The van der Waals surface area contributed by atoms with Gasteiger partial charge in [0, 0.05) is 12.5 Å². The van der Waals surface area contributed by atoms with Gasteiger partial charge < -0.3 is 34.8 Å². The summed E-state index contributed by atoms with van der Waals surface area (Å²) in [5.41, 5.74) is -0.366. The first kappa shape index (κ1) is 53.5. The highest BCUT2D eigenvalue weighted by Gasteiger charge is 2.74. The van der Waals surface area contributed by atoms with Crippen molar-refractivity contribution in [3.05, 3.63) is 23.3 Å². The number of aldehydes is 2. The fourth-order valence-electron chi connectivity index (χ4n) is 21.7. The highest BCUT2D eigenvalue weighted by molar-refractivity contribution is 5.78. The van der Waals surface area contributed by atoms with Crippen LogP contribution in [0.5, 0.6) is 0 Å². The molecule has 0 aromatic heterocycles. The van der Waals surface area contributed by atoms with E-state index in [0.29, 0.717) is 49.4 Å². The predicted molar refractivity (Wildman–Crippen MR) is 277 cm³/mol. The Bertz CT molecular complexity index is 2260. The van der Waals surface area contributed by atoms with Gasteiger partial charge in [-0.3, -0.25) is 9.59 Å². The van der Waals surface area contributed by atoms with Crippen molar-refractivity contribution in [1.29, 1.82) is 0 Å². The van der Waals surface area contributed by atoms with Gasteiger partial charge in [0.2, 0.25) is 0 Å². The third kappa shape index (κ3) is 6.76. The number of allylic oxidation sites excluding steroid dienone is 4. The Hall–Kier alpha value is -2.36. The summed E-state index contributed by atoms with van der Waals surface area (Å²) in [4.78, 5) is 50.7. The van der Waals surface area contributed by atoms with E-state index in [-0.39, 0.29) is 72.6 Å². The average molecular weight is 985 g/mol. The molecule has 10 rings (SSSR count). The van der Waals surface area contributed by atoms with Crippen LogP contribution in [0, 0.1) is 106 Å². The summed E-state index contributed by atoms with van der Waals surface area (Å²) in [7, 11) is 1.74. The smallest absolute Gasteiger partial charge is 0.312 e. The Morgan fingerprint density at radius 3 is 1.44 bits per heavy atom. The fourth-order valence-corrected chi connectivity index (χ4v) is 21.7. The lowest BCUT2D eigenvalue weighted by atomic mass is 9.33. The fraction of sp³-hybridized carbons (Fsp3) is 0.871. The van der Waals surface area contributed by atoms with Crippen molar-refractivity contribution in [2.45, 2.75) is 224 Å². The van der Waals surface area contributed by atoms with E-state index in [1.165, 1.54) is 23.9 Å². The van der Waals surface area contributed by atoms with Crippen molar-refractivity contribution in [1.82, 2.24) is 0 Å². The van der Waals surface area contributed by atoms with E-state index < -0.39 is 40.4 Å². The van der Waals surface area contributed by atoms with Crippen LogP contribution in [0.1, 0.15) is 206 Å². The van der Waals surface area contributed by atoms with Crippen LogP contribution < -0.4 is 0 Å². The molecule has 0 bridgehead atoms. The van der Waals surface area contributed by atoms with Gasteiger partial charge in [0.05, 0.1) is 23.7 Å². The minimum atomic E-state index is -1.09. The van der Waals surface area contributed by atoms with Crippen molar-refractivity contribution >= 4 is 24.5 Å². The van der Waals surface area contributed by atoms with Crippen LogP contribution in [0.25, 0.3) is 0 Å². The summed E-state index contributed by atoms with van der Waals surface area (Å²) in [6.45, 7) is 30.1. The van der Waals surface area contributed by atoms with Crippen LogP contribution in [-0.4, -0.2) is 70.4 Å². The topological polar surface area (TPSA) is 158 Å². The Labute approximate surface area is 428 Å². The molecule has 9 nitrogen and oxygen atoms in total. The second kappa shape index (κ2) is 16.6. The molecule has 0 radical (unpaired) electrons. The Morgan fingerprint density at radius 1 is 0.535 bits per heavy atom. The number of carbonyl (C=O) groups is 4. The number of fused-ring (bicyclic) bond motifs is 14. The number of carbonyl (C=O) groups excluding carboxylic acids is 2. The van der Waals surface area contributed by atoms with Crippen LogP contribution in [0.15, 0.2) is 23.3 Å². The third-order valence-electron chi connectivity index (χ3n) is 26.8. The molecule has 20 atom stereocenters. The number of hydrogen-bond acceptors (Lipinski definition) is 7. The molecule has 9 heteroatoms. The maximum absolute atomic E-state index is 13.1. The Morgan fingerprint density at radius 2 is 0.972 bits per heavy atom. The molecular weight excluding hydrogens is 889 g/mol. The van der Waals surface area contributed by atoms with Crippen LogP contribution in [0.3, 0.4) is 0 Å². The SMILES string of the molecule is CC1(C)CCC2(C(=O)O)C(C1)C1=CCC3C4(C)CC[C@H](O)[C@](C)(C=O)[C@@H]4CC[C@]3(C)[C@]1(C)C[C@@H]2O.CO[C@H]1C[C@]2(C)C(=CCC3C4(C)CC[C@H](C)[C@](C)(C=O)[C@@H]4CC[C@@]32C)C2CC(C)(C)CCC21C(=O)O. The second-order valence-corrected chi connectivity index (χ2v) is 30.2. The van der Waals surface area contributed by atoms with Crippen molar-refractivity contribution in [2.24, 2.45) is 106 Å². The van der Waals surface area contributed by atoms with Crippen LogP contribution >= 0.6 is 0 Å². The quantitative estimate of drug-likeness (QED) is 0.155. The van der Waals surface area contributed by atoms with E-state index >= 15 is 0 Å². The zero-order chi connectivity index (χ0) is 52.3. The summed E-state index contributed by atoms with van der Waals surface area (Å²) < 4.78 is 6.17. The van der Waals surface area contributed by atoms with Gasteiger partial charge in [-0.1, -0.05) is 113 Å². The monoisotopic (exact) mass is 985 g/mol. The van der Waals surface area contributed by atoms with Crippen LogP contribution in [0.2, 0.25) is 0 Å². The molecule has 0 heterocycles. The lowest BCUT2D eigenvalue weighted by molar-refractivity contribution is -0.217. The molecule has 10 aliphatic rings. The number of methoxy groups -OCH3 is 1. The average Bonchev–Trinajstić information content (AvgIpc) is 3.29. The van der Waals surface area contributed by atoms with Crippen LogP contribution in [-0.2, 0) is 23.9 Å². The highest BCUT2D eigenvalue weighted by atomic mass is 16.5. The van der Waals surface area contributed by atoms with Gasteiger partial charge in [0.1, 0.15) is 23.4 Å². The van der Waals surface area contributed by atoms with Crippen molar-refractivity contribution in [3.8, 4) is 0 Å². The minimum absolute atomic E-state index is 0.0253. The molecule has 0 spiro atoms. The van der Waals surface area contributed by atoms with Gasteiger partial charge >= 0.3 is 11.9 Å². The number of aliphatic hydroxyl groups excluding tert-OH is 2. The van der Waals surface area contributed by atoms with E-state index in [1.54, 1.807) is 7.11 Å². The van der Waals surface area contributed by atoms with Gasteiger partial charge in [0.25, 0.3) is 0 Å². The van der Waals surface area contributed by atoms with E-state index in [1.807, 2.05) is 6.92 Å². The summed E-state index contributed by atoms with van der Waals surface area (Å²) in [6, 6.07) is 0. The molecule has 8 saturated carbocycles. The summed E-state index contributed by atoms with van der Waals surface area (Å²) >= 11 is 0. The zero-order valence-electron chi connectivity index (χ0n) is 46.6. The van der Waals surface area contributed by atoms with E-state index in [0.717, 1.165) is 89.8 Å². The van der Waals surface area contributed by atoms with Gasteiger partial charge in [-0.25, -0.2) is 0 Å². The van der Waals surface area contributed by atoms with E-state index in [4.69, 9.17) is 4.74 Å². The zero-order valence-corrected chi connectivity index (χ0v) is 46.6. The number of hydrogen-bond donors (Lipinski definition) is 4. The first-order valence-corrected chi connectivity index (χ1v) is 28.5. The normalized spacial score (nSPS) is 54.3. The molecule has 0 aliphatic heterocycles. The Kier molecular flexibility index (Phi) is 12.5. The molecule has 0 amide bonds. The molecule has 8 unspecified atom stereocenters.